The molecule has 1 saturated heterocycles. The summed E-state index contributed by atoms with van der Waals surface area (Å²) < 4.78 is 5.83. The van der Waals surface area contributed by atoms with Gasteiger partial charge in [0.1, 0.15) is 18.9 Å². The first-order valence-electron chi connectivity index (χ1n) is 9.40. The average molecular weight is 405 g/mol. The molecular weight excluding hydrogens is 386 g/mol. The molecule has 1 atom stereocenters. The number of anilines is 1. The number of urea groups is 1. The third-order valence-corrected chi connectivity index (χ3v) is 5.03. The summed E-state index contributed by atoms with van der Waals surface area (Å²) in [5.74, 6) is -1.95. The lowest BCUT2D eigenvalue weighted by Crippen LogP contribution is -2.47. The summed E-state index contributed by atoms with van der Waals surface area (Å²) in [7, 11) is 0. The van der Waals surface area contributed by atoms with Crippen molar-refractivity contribution in [3.63, 3.8) is 0 Å². The molecule has 2 aromatic rings. The Morgan fingerprint density at radius 2 is 1.67 bits per heavy atom. The Bertz CT molecular complexity index is 1040. The van der Waals surface area contributed by atoms with Crippen LogP contribution in [0.5, 0.6) is 5.75 Å². The molecule has 5 amide bonds. The normalized spacial score (nSPS) is 18.3. The van der Waals surface area contributed by atoms with Gasteiger partial charge in [0.2, 0.25) is 5.91 Å². The highest BCUT2D eigenvalue weighted by atomic mass is 16.5. The molecule has 152 valence electrons. The number of ether oxygens (including phenoxy) is 1. The molecule has 8 heteroatoms. The van der Waals surface area contributed by atoms with Crippen LogP contribution in [0, 0.1) is 0 Å². The average Bonchev–Trinajstić information content (AvgIpc) is 2.97. The van der Waals surface area contributed by atoms with E-state index in [1.54, 1.807) is 24.3 Å². The molecule has 8 nitrogen and oxygen atoms in total. The van der Waals surface area contributed by atoms with Crippen molar-refractivity contribution < 1.29 is 23.9 Å². The van der Waals surface area contributed by atoms with E-state index in [2.05, 4.69) is 6.58 Å². The highest BCUT2D eigenvalue weighted by Crippen LogP contribution is 2.39. The van der Waals surface area contributed by atoms with Gasteiger partial charge in [-0.1, -0.05) is 48.5 Å². The van der Waals surface area contributed by atoms with Gasteiger partial charge in [-0.15, -0.1) is 6.58 Å². The number of imide groups is 2. The zero-order valence-electron chi connectivity index (χ0n) is 16.1. The monoisotopic (exact) mass is 405 g/mol. The minimum Gasteiger partial charge on any atom is -0.489 e. The highest BCUT2D eigenvalue weighted by molar-refractivity contribution is 6.45. The van der Waals surface area contributed by atoms with Gasteiger partial charge in [0.25, 0.3) is 0 Å². The third-order valence-electron chi connectivity index (χ3n) is 5.03. The van der Waals surface area contributed by atoms with Gasteiger partial charge in [-0.2, -0.15) is 0 Å². The Morgan fingerprint density at radius 1 is 1.00 bits per heavy atom. The van der Waals surface area contributed by atoms with Gasteiger partial charge in [0.05, 0.1) is 11.7 Å². The summed E-state index contributed by atoms with van der Waals surface area (Å²) in [4.78, 5) is 53.2. The predicted molar refractivity (Wildman–Crippen MR) is 108 cm³/mol. The van der Waals surface area contributed by atoms with Gasteiger partial charge >= 0.3 is 17.8 Å². The second-order valence-corrected chi connectivity index (χ2v) is 6.85. The fourth-order valence-corrected chi connectivity index (χ4v) is 3.61. The first-order valence-corrected chi connectivity index (χ1v) is 9.40. The van der Waals surface area contributed by atoms with Crippen LogP contribution in [0.4, 0.5) is 10.5 Å². The van der Waals surface area contributed by atoms with Crippen molar-refractivity contribution in [2.24, 2.45) is 0 Å². The van der Waals surface area contributed by atoms with Crippen LogP contribution in [0.1, 0.15) is 11.6 Å². The van der Waals surface area contributed by atoms with E-state index < -0.39 is 36.3 Å². The Morgan fingerprint density at radius 3 is 2.40 bits per heavy atom. The lowest BCUT2D eigenvalue weighted by Gasteiger charge is -2.37. The lowest BCUT2D eigenvalue weighted by atomic mass is 10.0. The molecule has 2 aliphatic heterocycles. The van der Waals surface area contributed by atoms with Crippen LogP contribution in [-0.4, -0.2) is 53.2 Å². The van der Waals surface area contributed by atoms with Gasteiger partial charge in [0, 0.05) is 6.54 Å². The molecule has 0 spiro atoms. The topological polar surface area (TPSA) is 87.2 Å². The Hall–Kier alpha value is -3.94. The van der Waals surface area contributed by atoms with Crippen LogP contribution in [0.3, 0.4) is 0 Å². The summed E-state index contributed by atoms with van der Waals surface area (Å²) in [6.07, 6.45) is 1.35. The molecule has 1 fully saturated rings. The molecule has 30 heavy (non-hydrogen) atoms. The molecule has 0 N–H and O–H groups in total. The number of carbonyl (C=O) groups excluding carboxylic acids is 4. The van der Waals surface area contributed by atoms with E-state index in [4.69, 9.17) is 4.74 Å². The van der Waals surface area contributed by atoms with Crippen LogP contribution < -0.4 is 9.64 Å². The first kappa shape index (κ1) is 19.4. The molecule has 2 aromatic carbocycles. The van der Waals surface area contributed by atoms with E-state index >= 15 is 0 Å². The molecule has 4 rings (SSSR count). The number of fused-ring (bicyclic) bond motifs is 1. The van der Waals surface area contributed by atoms with E-state index in [0.29, 0.717) is 16.3 Å². The van der Waals surface area contributed by atoms with E-state index in [0.717, 1.165) is 10.5 Å². The van der Waals surface area contributed by atoms with Crippen molar-refractivity contribution in [1.29, 1.82) is 0 Å². The van der Waals surface area contributed by atoms with E-state index in [9.17, 15) is 19.2 Å². The van der Waals surface area contributed by atoms with Crippen molar-refractivity contribution in [2.75, 3.05) is 24.6 Å². The molecule has 0 unspecified atom stereocenters. The number of hydrogen-bond acceptors (Lipinski definition) is 5. The highest BCUT2D eigenvalue weighted by Gasteiger charge is 2.46. The number of hydrogen-bond donors (Lipinski definition) is 0. The minimum absolute atomic E-state index is 0.0961. The van der Waals surface area contributed by atoms with Crippen molar-refractivity contribution in [1.82, 2.24) is 9.80 Å². The zero-order valence-corrected chi connectivity index (χ0v) is 16.1. The minimum atomic E-state index is -1.02. The van der Waals surface area contributed by atoms with Gasteiger partial charge in [-0.3, -0.25) is 24.2 Å². The van der Waals surface area contributed by atoms with Crippen LogP contribution in [0.15, 0.2) is 67.3 Å². The molecule has 0 aliphatic carbocycles. The fourth-order valence-electron chi connectivity index (χ4n) is 3.61. The Kier molecular flexibility index (Phi) is 5.05. The molecule has 0 radical (unpaired) electrons. The molecule has 0 aromatic heterocycles. The molecule has 0 bridgehead atoms. The SMILES string of the molecule is C=CCN1C(=O)C(=O)N(CC(=O)N2c3ccccc3OC[C@@H]2c2ccccc2)C1=O. The summed E-state index contributed by atoms with van der Waals surface area (Å²) in [5.41, 5.74) is 1.39. The maximum absolute atomic E-state index is 13.3. The van der Waals surface area contributed by atoms with Gasteiger partial charge in [-0.05, 0) is 17.7 Å². The maximum atomic E-state index is 13.3. The standard InChI is InChI=1S/C22H19N3O5/c1-2-12-23-20(27)21(28)24(22(23)29)13-19(26)25-16-10-6-7-11-18(16)30-14-17(25)15-8-4-3-5-9-15/h2-11,17H,1,12-14H2/t17-/m1/s1. The van der Waals surface area contributed by atoms with Gasteiger partial charge in [0.15, 0.2) is 0 Å². The van der Waals surface area contributed by atoms with E-state index in [1.807, 2.05) is 30.3 Å². The first-order chi connectivity index (χ1) is 14.5. The second kappa shape index (κ2) is 7.82. The zero-order chi connectivity index (χ0) is 21.3. The Balaban J connectivity index is 1.66. The number of rotatable bonds is 5. The summed E-state index contributed by atoms with van der Waals surface area (Å²) in [6.45, 7) is 3.06. The van der Waals surface area contributed by atoms with Gasteiger partial charge in [-0.25, -0.2) is 9.69 Å². The number of nitrogens with zero attached hydrogens (tertiary/aromatic N) is 3. The molecular formula is C22H19N3O5. The smallest absolute Gasteiger partial charge is 0.335 e. The molecule has 2 aliphatic rings. The molecule has 0 saturated carbocycles. The van der Waals surface area contributed by atoms with Crippen LogP contribution in [0.25, 0.3) is 0 Å². The fraction of sp³-hybridized carbons (Fsp3) is 0.182. The van der Waals surface area contributed by atoms with Crippen molar-refractivity contribution >= 4 is 29.4 Å². The predicted octanol–water partition coefficient (Wildman–Crippen LogP) is 2.13. The summed E-state index contributed by atoms with van der Waals surface area (Å²) in [6, 6.07) is 15.1. The lowest BCUT2D eigenvalue weighted by molar-refractivity contribution is -0.143. The molecule has 2 heterocycles. The van der Waals surface area contributed by atoms with Crippen LogP contribution in [0.2, 0.25) is 0 Å². The number of carbonyl (C=O) groups is 4. The summed E-state index contributed by atoms with van der Waals surface area (Å²) in [5, 5.41) is 0. The quantitative estimate of drug-likeness (QED) is 0.432. The third kappa shape index (κ3) is 3.22. The largest absolute Gasteiger partial charge is 0.489 e. The maximum Gasteiger partial charge on any atom is 0.335 e. The number of amides is 5. The summed E-state index contributed by atoms with van der Waals surface area (Å²) >= 11 is 0. The number of para-hydroxylation sites is 2. The number of benzene rings is 2. The Labute approximate surface area is 172 Å². The van der Waals surface area contributed by atoms with Crippen molar-refractivity contribution in [2.45, 2.75) is 6.04 Å². The van der Waals surface area contributed by atoms with Crippen LogP contribution >= 0.6 is 0 Å². The van der Waals surface area contributed by atoms with Crippen LogP contribution in [-0.2, 0) is 14.4 Å². The van der Waals surface area contributed by atoms with Gasteiger partial charge < -0.3 is 4.74 Å². The van der Waals surface area contributed by atoms with E-state index in [-0.39, 0.29) is 13.2 Å². The second-order valence-electron chi connectivity index (χ2n) is 6.85. The van der Waals surface area contributed by atoms with Crippen molar-refractivity contribution in [3.8, 4) is 5.75 Å². The van der Waals surface area contributed by atoms with Crippen molar-refractivity contribution in [3.05, 3.63) is 72.8 Å². The van der Waals surface area contributed by atoms with E-state index in [1.165, 1.54) is 11.0 Å².